The van der Waals surface area contributed by atoms with E-state index in [2.05, 4.69) is 4.74 Å². The predicted molar refractivity (Wildman–Crippen MR) is 91.1 cm³/mol. The molecule has 0 unspecified atom stereocenters. The molecular formula is C19H25F2NO4. The van der Waals surface area contributed by atoms with E-state index in [1.165, 1.54) is 12.1 Å². The second kappa shape index (κ2) is 8.20. The van der Waals surface area contributed by atoms with E-state index < -0.39 is 6.61 Å². The van der Waals surface area contributed by atoms with E-state index in [1.54, 1.807) is 6.07 Å². The van der Waals surface area contributed by atoms with Gasteiger partial charge in [-0.05, 0) is 44.6 Å². The Morgan fingerprint density at radius 3 is 2.69 bits per heavy atom. The largest absolute Gasteiger partial charge is 0.490 e. The molecule has 1 heterocycles. The number of ether oxygens (including phenoxy) is 3. The van der Waals surface area contributed by atoms with Crippen LogP contribution in [0.5, 0.6) is 11.5 Å². The number of alkyl halides is 2. The zero-order valence-corrected chi connectivity index (χ0v) is 14.8. The Kier molecular flexibility index (Phi) is 5.96. The molecule has 1 fully saturated rings. The van der Waals surface area contributed by atoms with Crippen LogP contribution in [-0.4, -0.2) is 25.3 Å². The molecule has 0 aromatic heterocycles. The second-order valence-electron chi connectivity index (χ2n) is 6.94. The number of esters is 1. The fourth-order valence-electron chi connectivity index (χ4n) is 3.96. The second-order valence-corrected chi connectivity index (χ2v) is 6.94. The van der Waals surface area contributed by atoms with Gasteiger partial charge < -0.3 is 19.9 Å². The molecular weight excluding hydrogens is 344 g/mol. The number of rotatable bonds is 5. The molecule has 5 nitrogen and oxygen atoms in total. The quantitative estimate of drug-likeness (QED) is 0.799. The minimum absolute atomic E-state index is 0.0400. The average molecular weight is 369 g/mol. The summed E-state index contributed by atoms with van der Waals surface area (Å²) in [4.78, 5) is 11.9. The van der Waals surface area contributed by atoms with Gasteiger partial charge in [0.2, 0.25) is 0 Å². The summed E-state index contributed by atoms with van der Waals surface area (Å²) in [5, 5.41) is 0. The number of carbonyl (C=O) groups is 1. The lowest BCUT2D eigenvalue weighted by Crippen LogP contribution is -2.38. The van der Waals surface area contributed by atoms with E-state index in [-0.39, 0.29) is 29.8 Å². The van der Waals surface area contributed by atoms with Crippen LogP contribution >= 0.6 is 0 Å². The Bertz CT molecular complexity index is 632. The highest BCUT2D eigenvalue weighted by Gasteiger charge is 2.36. The van der Waals surface area contributed by atoms with Crippen molar-refractivity contribution in [2.75, 3.05) is 6.61 Å². The number of nitrogens with two attached hydrogens (primary N) is 1. The first-order valence-electron chi connectivity index (χ1n) is 9.15. The molecule has 26 heavy (non-hydrogen) atoms. The smallest absolute Gasteiger partial charge is 0.387 e. The van der Waals surface area contributed by atoms with Gasteiger partial charge in [0.1, 0.15) is 17.6 Å². The Morgan fingerprint density at radius 2 is 2.04 bits per heavy atom. The summed E-state index contributed by atoms with van der Waals surface area (Å²) >= 11 is 0. The molecule has 1 aromatic rings. The average Bonchev–Trinajstić information content (AvgIpc) is 2.61. The number of hydrogen-bond donors (Lipinski definition) is 1. The molecule has 0 spiro atoms. The summed E-state index contributed by atoms with van der Waals surface area (Å²) in [6.07, 6.45) is 3.88. The van der Waals surface area contributed by atoms with Gasteiger partial charge in [0.05, 0.1) is 12.5 Å². The fraction of sp³-hybridized carbons (Fsp3) is 0.632. The lowest BCUT2D eigenvalue weighted by Gasteiger charge is -2.38. The monoisotopic (exact) mass is 369 g/mol. The van der Waals surface area contributed by atoms with E-state index in [9.17, 15) is 13.6 Å². The van der Waals surface area contributed by atoms with Crippen LogP contribution in [0, 0.1) is 11.8 Å². The molecule has 144 valence electrons. The van der Waals surface area contributed by atoms with Crippen molar-refractivity contribution in [3.8, 4) is 11.5 Å². The maximum absolute atomic E-state index is 12.4. The van der Waals surface area contributed by atoms with E-state index in [0.29, 0.717) is 24.7 Å². The van der Waals surface area contributed by atoms with Crippen LogP contribution in [0.1, 0.15) is 50.6 Å². The molecule has 1 saturated carbocycles. The van der Waals surface area contributed by atoms with Crippen LogP contribution in [0.15, 0.2) is 18.2 Å². The minimum atomic E-state index is -2.88. The molecule has 1 aliphatic carbocycles. The Hall–Kier alpha value is -1.89. The molecule has 0 saturated heterocycles. The summed E-state index contributed by atoms with van der Waals surface area (Å²) in [5.41, 5.74) is 7.08. The summed E-state index contributed by atoms with van der Waals surface area (Å²) in [7, 11) is 0. The standard InChI is InChI=1S/C19H25F2NO4/c1-2-24-18(23)12-5-3-11(4-6-12)16-10-15(22)14-8-7-13(25-19(20)21)9-17(14)26-16/h7-9,11-12,15-16,19H,2-6,10,22H2,1H3/t11-,12-,15-,16-/m1/s1. The highest BCUT2D eigenvalue weighted by molar-refractivity contribution is 5.72. The van der Waals surface area contributed by atoms with Crippen molar-refractivity contribution in [2.45, 2.75) is 57.8 Å². The molecule has 2 atom stereocenters. The first-order valence-corrected chi connectivity index (χ1v) is 9.15. The van der Waals surface area contributed by atoms with Crippen molar-refractivity contribution in [3.05, 3.63) is 23.8 Å². The Balaban J connectivity index is 1.64. The van der Waals surface area contributed by atoms with E-state index >= 15 is 0 Å². The van der Waals surface area contributed by atoms with Crippen LogP contribution in [0.4, 0.5) is 8.78 Å². The third kappa shape index (κ3) is 4.26. The SMILES string of the molecule is CCOC(=O)[C@H]1CC[C@H]([C@H]2C[C@@H](N)c3ccc(OC(F)F)cc3O2)CC1. The molecule has 1 aromatic carbocycles. The van der Waals surface area contributed by atoms with Crippen molar-refractivity contribution in [3.63, 3.8) is 0 Å². The van der Waals surface area contributed by atoms with Crippen molar-refractivity contribution >= 4 is 5.97 Å². The number of fused-ring (bicyclic) bond motifs is 1. The van der Waals surface area contributed by atoms with E-state index in [0.717, 1.165) is 31.2 Å². The van der Waals surface area contributed by atoms with Gasteiger partial charge in [-0.2, -0.15) is 8.78 Å². The Labute approximate surface area is 151 Å². The number of benzene rings is 1. The normalized spacial score (nSPS) is 28.2. The van der Waals surface area contributed by atoms with E-state index in [1.807, 2.05) is 6.92 Å². The number of halogens is 2. The van der Waals surface area contributed by atoms with Crippen molar-refractivity contribution in [1.29, 1.82) is 0 Å². The summed E-state index contributed by atoms with van der Waals surface area (Å²) < 4.78 is 40.5. The first-order chi connectivity index (χ1) is 12.5. The topological polar surface area (TPSA) is 70.8 Å². The number of carbonyl (C=O) groups excluding carboxylic acids is 1. The molecule has 0 bridgehead atoms. The molecule has 7 heteroatoms. The van der Waals surface area contributed by atoms with Crippen LogP contribution in [0.2, 0.25) is 0 Å². The minimum Gasteiger partial charge on any atom is -0.490 e. The van der Waals surface area contributed by atoms with Gasteiger partial charge in [-0.3, -0.25) is 4.79 Å². The van der Waals surface area contributed by atoms with Gasteiger partial charge in [0.25, 0.3) is 0 Å². The molecule has 0 radical (unpaired) electrons. The van der Waals surface area contributed by atoms with Gasteiger partial charge in [0.15, 0.2) is 0 Å². The molecule has 3 rings (SSSR count). The van der Waals surface area contributed by atoms with Crippen LogP contribution in [0.3, 0.4) is 0 Å². The van der Waals surface area contributed by atoms with Crippen LogP contribution in [0.25, 0.3) is 0 Å². The zero-order valence-electron chi connectivity index (χ0n) is 14.8. The van der Waals surface area contributed by atoms with Crippen LogP contribution < -0.4 is 15.2 Å². The lowest BCUT2D eigenvalue weighted by molar-refractivity contribution is -0.149. The summed E-state index contributed by atoms with van der Waals surface area (Å²) in [6, 6.07) is 4.45. The number of hydrogen-bond acceptors (Lipinski definition) is 5. The highest BCUT2D eigenvalue weighted by Crippen LogP contribution is 2.42. The maximum atomic E-state index is 12.4. The third-order valence-electron chi connectivity index (χ3n) is 5.29. The summed E-state index contributed by atoms with van der Waals surface area (Å²) in [5.74, 6) is 0.713. The van der Waals surface area contributed by atoms with Gasteiger partial charge >= 0.3 is 12.6 Å². The van der Waals surface area contributed by atoms with E-state index in [4.69, 9.17) is 15.2 Å². The molecule has 1 aliphatic heterocycles. The lowest BCUT2D eigenvalue weighted by atomic mass is 9.77. The van der Waals surface area contributed by atoms with Gasteiger partial charge in [0, 0.05) is 24.1 Å². The first kappa shape index (κ1) is 18.9. The van der Waals surface area contributed by atoms with Crippen molar-refractivity contribution in [2.24, 2.45) is 17.6 Å². The molecule has 2 aliphatic rings. The highest BCUT2D eigenvalue weighted by atomic mass is 19.3. The molecule has 0 amide bonds. The third-order valence-corrected chi connectivity index (χ3v) is 5.29. The summed E-state index contributed by atoms with van der Waals surface area (Å²) in [6.45, 7) is -0.664. The fourth-order valence-corrected chi connectivity index (χ4v) is 3.96. The predicted octanol–water partition coefficient (Wildman–Crippen LogP) is 3.81. The Morgan fingerprint density at radius 1 is 1.31 bits per heavy atom. The van der Waals surface area contributed by atoms with Crippen molar-refractivity contribution in [1.82, 2.24) is 0 Å². The van der Waals surface area contributed by atoms with Gasteiger partial charge in [-0.1, -0.05) is 6.07 Å². The van der Waals surface area contributed by atoms with Gasteiger partial charge in [-0.25, -0.2) is 0 Å². The molecule has 2 N–H and O–H groups in total. The zero-order chi connectivity index (χ0) is 18.7. The van der Waals surface area contributed by atoms with Crippen LogP contribution in [-0.2, 0) is 9.53 Å². The maximum Gasteiger partial charge on any atom is 0.387 e. The van der Waals surface area contributed by atoms with Crippen molar-refractivity contribution < 1.29 is 27.8 Å². The van der Waals surface area contributed by atoms with Gasteiger partial charge in [-0.15, -0.1) is 0 Å².